The van der Waals surface area contributed by atoms with E-state index in [2.05, 4.69) is 36.4 Å². The van der Waals surface area contributed by atoms with E-state index in [1.165, 1.54) is 0 Å². The third kappa shape index (κ3) is 2.56. The van der Waals surface area contributed by atoms with Crippen LogP contribution >= 0.6 is 22.6 Å². The lowest BCUT2D eigenvalue weighted by molar-refractivity contribution is -0.183. The van der Waals surface area contributed by atoms with E-state index in [9.17, 15) is 0 Å². The first-order chi connectivity index (χ1) is 5.27. The van der Waals surface area contributed by atoms with Gasteiger partial charge < -0.3 is 9.47 Å². The van der Waals surface area contributed by atoms with E-state index in [0.29, 0.717) is 12.0 Å². The number of alkyl halides is 1. The van der Waals surface area contributed by atoms with Crippen molar-refractivity contribution in [2.75, 3.05) is 6.61 Å². The molecule has 0 bridgehead atoms. The normalized spacial score (nSPS) is 39.0. The van der Waals surface area contributed by atoms with Gasteiger partial charge in [0.2, 0.25) is 4.30 Å². The summed E-state index contributed by atoms with van der Waals surface area (Å²) < 4.78 is 11.0. The third-order valence-electron chi connectivity index (χ3n) is 2.18. The Labute approximate surface area is 81.8 Å². The van der Waals surface area contributed by atoms with Crippen molar-refractivity contribution in [2.45, 2.75) is 37.1 Å². The molecule has 1 fully saturated rings. The lowest BCUT2D eigenvalue weighted by atomic mass is 9.98. The fourth-order valence-corrected chi connectivity index (χ4v) is 1.99. The summed E-state index contributed by atoms with van der Waals surface area (Å²) in [6.07, 6.45) is 2.67. The van der Waals surface area contributed by atoms with Gasteiger partial charge in [0, 0.05) is 5.92 Å². The molecule has 1 saturated heterocycles. The summed E-state index contributed by atoms with van der Waals surface area (Å²) in [6.45, 7) is 5.22. The number of hydrogen-bond donors (Lipinski definition) is 0. The van der Waals surface area contributed by atoms with Gasteiger partial charge in [-0.3, -0.25) is 0 Å². The maximum Gasteiger partial charge on any atom is 0.210 e. The minimum Gasteiger partial charge on any atom is -0.344 e. The zero-order valence-electron chi connectivity index (χ0n) is 7.05. The van der Waals surface area contributed by atoms with Crippen molar-refractivity contribution in [3.05, 3.63) is 0 Å². The van der Waals surface area contributed by atoms with Crippen LogP contribution in [-0.4, -0.2) is 17.0 Å². The predicted octanol–water partition coefficient (Wildman–Crippen LogP) is 2.56. The molecule has 0 amide bonds. The van der Waals surface area contributed by atoms with Crippen LogP contribution in [0.5, 0.6) is 0 Å². The standard InChI is InChI=1S/C8H15IO2/c1-3-6-5-10-8(9)11-7(6)4-2/h6-8H,3-5H2,1-2H3/t6-,7-,8?/m0/s1. The Bertz CT molecular complexity index is 119. The molecule has 1 heterocycles. The van der Waals surface area contributed by atoms with Gasteiger partial charge >= 0.3 is 0 Å². The summed E-state index contributed by atoms with van der Waals surface area (Å²) in [5, 5.41) is 0. The monoisotopic (exact) mass is 270 g/mol. The highest BCUT2D eigenvalue weighted by Crippen LogP contribution is 2.25. The second-order valence-corrected chi connectivity index (χ2v) is 3.88. The lowest BCUT2D eigenvalue weighted by Crippen LogP contribution is -2.36. The van der Waals surface area contributed by atoms with Gasteiger partial charge in [0.1, 0.15) is 0 Å². The Morgan fingerprint density at radius 3 is 2.64 bits per heavy atom. The first-order valence-corrected chi connectivity index (χ1v) is 5.43. The van der Waals surface area contributed by atoms with Gasteiger partial charge in [-0.05, 0) is 35.4 Å². The van der Waals surface area contributed by atoms with Crippen molar-refractivity contribution in [2.24, 2.45) is 5.92 Å². The topological polar surface area (TPSA) is 18.5 Å². The highest BCUT2D eigenvalue weighted by molar-refractivity contribution is 14.1. The summed E-state index contributed by atoms with van der Waals surface area (Å²) in [5.74, 6) is 0.603. The lowest BCUT2D eigenvalue weighted by Gasteiger charge is -2.33. The van der Waals surface area contributed by atoms with Gasteiger partial charge in [-0.25, -0.2) is 0 Å². The molecule has 0 N–H and O–H groups in total. The van der Waals surface area contributed by atoms with Gasteiger partial charge in [-0.2, -0.15) is 0 Å². The van der Waals surface area contributed by atoms with E-state index in [1.54, 1.807) is 0 Å². The second-order valence-electron chi connectivity index (χ2n) is 2.86. The van der Waals surface area contributed by atoms with Crippen LogP contribution in [0.3, 0.4) is 0 Å². The van der Waals surface area contributed by atoms with E-state index in [-0.39, 0.29) is 4.30 Å². The molecule has 0 aromatic heterocycles. The van der Waals surface area contributed by atoms with Crippen LogP contribution in [-0.2, 0) is 9.47 Å². The zero-order valence-corrected chi connectivity index (χ0v) is 9.21. The van der Waals surface area contributed by atoms with Crippen molar-refractivity contribution in [1.82, 2.24) is 0 Å². The maximum absolute atomic E-state index is 5.60. The van der Waals surface area contributed by atoms with E-state index in [4.69, 9.17) is 9.47 Å². The van der Waals surface area contributed by atoms with Gasteiger partial charge in [0.05, 0.1) is 12.7 Å². The fourth-order valence-electron chi connectivity index (χ4n) is 1.40. The van der Waals surface area contributed by atoms with E-state index in [1.807, 2.05) is 0 Å². The molecule has 3 atom stereocenters. The Morgan fingerprint density at radius 2 is 2.09 bits per heavy atom. The van der Waals surface area contributed by atoms with E-state index >= 15 is 0 Å². The zero-order chi connectivity index (χ0) is 8.27. The van der Waals surface area contributed by atoms with Crippen LogP contribution in [0, 0.1) is 5.92 Å². The van der Waals surface area contributed by atoms with Crippen LogP contribution < -0.4 is 0 Å². The first kappa shape index (κ1) is 9.74. The van der Waals surface area contributed by atoms with Crippen LogP contribution in [0.15, 0.2) is 0 Å². The SMILES string of the molecule is CC[C@H]1COC(I)O[C@H]1CC. The maximum atomic E-state index is 5.60. The second kappa shape index (κ2) is 4.62. The minimum atomic E-state index is -0.0275. The Balaban J connectivity index is 2.41. The van der Waals surface area contributed by atoms with Crippen LogP contribution in [0.25, 0.3) is 0 Å². The minimum absolute atomic E-state index is 0.0275. The molecule has 66 valence electrons. The first-order valence-electron chi connectivity index (χ1n) is 4.19. The highest BCUT2D eigenvalue weighted by atomic mass is 127. The molecule has 11 heavy (non-hydrogen) atoms. The molecule has 0 radical (unpaired) electrons. The fraction of sp³-hybridized carbons (Fsp3) is 1.00. The number of hydrogen-bond acceptors (Lipinski definition) is 2. The third-order valence-corrected chi connectivity index (χ3v) is 2.83. The molecule has 0 aromatic carbocycles. The van der Waals surface area contributed by atoms with Gasteiger partial charge in [0.15, 0.2) is 0 Å². The summed E-state index contributed by atoms with van der Waals surface area (Å²) in [7, 11) is 0. The van der Waals surface area contributed by atoms with Gasteiger partial charge in [0.25, 0.3) is 0 Å². The largest absolute Gasteiger partial charge is 0.344 e. The van der Waals surface area contributed by atoms with Crippen molar-refractivity contribution in [3.8, 4) is 0 Å². The molecule has 1 aliphatic rings. The molecule has 1 aliphatic heterocycles. The molecule has 3 heteroatoms. The average molecular weight is 270 g/mol. The molecule has 0 aliphatic carbocycles. The van der Waals surface area contributed by atoms with Gasteiger partial charge in [-0.15, -0.1) is 0 Å². The molecule has 1 unspecified atom stereocenters. The van der Waals surface area contributed by atoms with Crippen LogP contribution in [0.2, 0.25) is 0 Å². The Kier molecular flexibility index (Phi) is 4.09. The van der Waals surface area contributed by atoms with Crippen molar-refractivity contribution in [3.63, 3.8) is 0 Å². The summed E-state index contributed by atoms with van der Waals surface area (Å²) in [4.78, 5) is 0. The molecule has 2 nitrogen and oxygen atoms in total. The van der Waals surface area contributed by atoms with Crippen molar-refractivity contribution < 1.29 is 9.47 Å². The van der Waals surface area contributed by atoms with Crippen molar-refractivity contribution in [1.29, 1.82) is 0 Å². The van der Waals surface area contributed by atoms with Crippen molar-refractivity contribution >= 4 is 22.6 Å². The number of rotatable bonds is 2. The van der Waals surface area contributed by atoms with Crippen LogP contribution in [0.4, 0.5) is 0 Å². The van der Waals surface area contributed by atoms with E-state index < -0.39 is 0 Å². The molecular weight excluding hydrogens is 255 g/mol. The number of ether oxygens (including phenoxy) is 2. The molecule has 0 spiro atoms. The van der Waals surface area contributed by atoms with E-state index in [0.717, 1.165) is 19.4 Å². The Morgan fingerprint density at radius 1 is 1.36 bits per heavy atom. The average Bonchev–Trinajstić information content (AvgIpc) is 2.04. The molecule has 0 aromatic rings. The molecule has 0 saturated carbocycles. The van der Waals surface area contributed by atoms with Crippen LogP contribution in [0.1, 0.15) is 26.7 Å². The summed E-state index contributed by atoms with van der Waals surface area (Å²) >= 11 is 2.18. The number of halogens is 1. The molecule has 1 rings (SSSR count). The summed E-state index contributed by atoms with van der Waals surface area (Å²) in [6, 6.07) is 0. The highest BCUT2D eigenvalue weighted by Gasteiger charge is 2.27. The molecular formula is C8H15IO2. The quantitative estimate of drug-likeness (QED) is 0.567. The summed E-state index contributed by atoms with van der Waals surface area (Å²) in [5.41, 5.74) is 0. The smallest absolute Gasteiger partial charge is 0.210 e. The van der Waals surface area contributed by atoms with Gasteiger partial charge in [-0.1, -0.05) is 13.8 Å². The predicted molar refractivity (Wildman–Crippen MR) is 52.7 cm³/mol. The Hall–Kier alpha value is 0.650.